The Bertz CT molecular complexity index is 801. The average molecular weight is 354 g/mol. The number of alkyl halides is 3. The third kappa shape index (κ3) is 3.78. The lowest BCUT2D eigenvalue weighted by molar-refractivity contribution is -0.147. The number of hydrogen-bond donors (Lipinski definition) is 0. The maximum absolute atomic E-state index is 12.9. The number of aryl methyl sites for hydroxylation is 1. The molecule has 0 spiro atoms. The van der Waals surface area contributed by atoms with Crippen LogP contribution in [0.3, 0.4) is 0 Å². The normalized spacial score (nSPS) is 17.2. The first kappa shape index (κ1) is 17.7. The fourth-order valence-corrected chi connectivity index (χ4v) is 3.33. The number of nitrogens with zero attached hydrogens (tertiary/aromatic N) is 4. The van der Waals surface area contributed by atoms with Crippen molar-refractivity contribution in [3.8, 4) is 0 Å². The van der Waals surface area contributed by atoms with E-state index in [1.807, 2.05) is 19.1 Å². The Kier molecular flexibility index (Phi) is 4.73. The van der Waals surface area contributed by atoms with Crippen molar-refractivity contribution in [2.24, 2.45) is 7.05 Å². The second-order valence-corrected chi connectivity index (χ2v) is 6.60. The third-order valence-electron chi connectivity index (χ3n) is 4.65. The second-order valence-electron chi connectivity index (χ2n) is 6.60. The quantitative estimate of drug-likeness (QED) is 0.851. The molecule has 136 valence electrons. The summed E-state index contributed by atoms with van der Waals surface area (Å²) in [5.74, 6) is -1.14. The van der Waals surface area contributed by atoms with Gasteiger partial charge in [0.15, 0.2) is 0 Å². The van der Waals surface area contributed by atoms with Gasteiger partial charge < -0.3 is 0 Å². The molecule has 0 atom stereocenters. The van der Waals surface area contributed by atoms with E-state index in [2.05, 4.69) is 22.1 Å². The van der Waals surface area contributed by atoms with Crippen LogP contribution in [0.5, 0.6) is 0 Å². The van der Waals surface area contributed by atoms with E-state index in [9.17, 15) is 18.0 Å². The molecule has 2 heterocycles. The standard InChI is InChI=1S/C17H21F3N4O/c1-12-4-3-5-13(10-12)11-23-8-6-14(7-9-23)24-16(25)22(2)15(21-24)17(18,19)20/h3-5,10,14H,6-9,11H2,1-2H3. The van der Waals surface area contributed by atoms with E-state index in [0.29, 0.717) is 17.4 Å². The molecule has 1 aromatic heterocycles. The lowest BCUT2D eigenvalue weighted by Gasteiger charge is -2.31. The number of halogens is 3. The van der Waals surface area contributed by atoms with E-state index in [-0.39, 0.29) is 6.04 Å². The fourth-order valence-electron chi connectivity index (χ4n) is 3.33. The molecule has 25 heavy (non-hydrogen) atoms. The highest BCUT2D eigenvalue weighted by Crippen LogP contribution is 2.28. The van der Waals surface area contributed by atoms with Crippen LogP contribution >= 0.6 is 0 Å². The van der Waals surface area contributed by atoms with Gasteiger partial charge in [-0.05, 0) is 25.3 Å². The molecule has 1 aliphatic heterocycles. The fraction of sp³-hybridized carbons (Fsp3) is 0.529. The first-order chi connectivity index (χ1) is 11.8. The Morgan fingerprint density at radius 1 is 1.24 bits per heavy atom. The van der Waals surface area contributed by atoms with Gasteiger partial charge in [0, 0.05) is 26.7 Å². The molecule has 0 amide bonds. The van der Waals surface area contributed by atoms with Gasteiger partial charge in [0.2, 0.25) is 5.82 Å². The van der Waals surface area contributed by atoms with Crippen LogP contribution < -0.4 is 5.69 Å². The molecule has 0 aliphatic carbocycles. The highest BCUT2D eigenvalue weighted by molar-refractivity contribution is 5.22. The van der Waals surface area contributed by atoms with Crippen molar-refractivity contribution in [1.29, 1.82) is 0 Å². The van der Waals surface area contributed by atoms with Gasteiger partial charge >= 0.3 is 11.9 Å². The minimum absolute atomic E-state index is 0.288. The van der Waals surface area contributed by atoms with E-state index in [1.54, 1.807) is 0 Å². The van der Waals surface area contributed by atoms with Gasteiger partial charge in [-0.15, -0.1) is 5.10 Å². The Hall–Kier alpha value is -2.09. The van der Waals surface area contributed by atoms with Crippen LogP contribution in [0.4, 0.5) is 13.2 Å². The Morgan fingerprint density at radius 3 is 2.48 bits per heavy atom. The lowest BCUT2D eigenvalue weighted by atomic mass is 10.0. The predicted molar refractivity (Wildman–Crippen MR) is 87.2 cm³/mol. The smallest absolute Gasteiger partial charge is 0.299 e. The van der Waals surface area contributed by atoms with Gasteiger partial charge in [-0.25, -0.2) is 9.48 Å². The molecular formula is C17H21F3N4O. The SMILES string of the molecule is Cc1cccc(CN2CCC(n3nc(C(F)(F)F)n(C)c3=O)CC2)c1. The zero-order valence-corrected chi connectivity index (χ0v) is 14.3. The maximum Gasteiger partial charge on any atom is 0.451 e. The van der Waals surface area contributed by atoms with Gasteiger partial charge in [-0.3, -0.25) is 9.47 Å². The van der Waals surface area contributed by atoms with Crippen molar-refractivity contribution in [2.75, 3.05) is 13.1 Å². The van der Waals surface area contributed by atoms with Crippen molar-refractivity contribution in [3.63, 3.8) is 0 Å². The summed E-state index contributed by atoms with van der Waals surface area (Å²) in [5.41, 5.74) is 1.71. The molecular weight excluding hydrogens is 333 g/mol. The summed E-state index contributed by atoms with van der Waals surface area (Å²) in [6.07, 6.45) is -3.40. The first-order valence-corrected chi connectivity index (χ1v) is 8.26. The number of hydrogen-bond acceptors (Lipinski definition) is 3. The molecule has 1 aliphatic rings. The number of piperidine rings is 1. The summed E-state index contributed by atoms with van der Waals surface area (Å²) >= 11 is 0. The average Bonchev–Trinajstić information content (AvgIpc) is 2.84. The molecule has 0 radical (unpaired) electrons. The summed E-state index contributed by atoms with van der Waals surface area (Å²) in [7, 11) is 1.11. The van der Waals surface area contributed by atoms with E-state index in [4.69, 9.17) is 0 Å². The number of aromatic nitrogens is 3. The molecule has 5 nitrogen and oxygen atoms in total. The zero-order valence-electron chi connectivity index (χ0n) is 14.3. The van der Waals surface area contributed by atoms with Crippen LogP contribution in [0.15, 0.2) is 29.1 Å². The predicted octanol–water partition coefficient (Wildman–Crippen LogP) is 2.75. The molecule has 8 heteroatoms. The molecule has 0 N–H and O–H groups in total. The van der Waals surface area contributed by atoms with Gasteiger partial charge in [0.05, 0.1) is 6.04 Å². The van der Waals surface area contributed by atoms with Crippen LogP contribution in [0.2, 0.25) is 0 Å². The molecule has 1 fully saturated rings. The molecule has 3 rings (SSSR count). The Balaban J connectivity index is 1.68. The topological polar surface area (TPSA) is 43.1 Å². The first-order valence-electron chi connectivity index (χ1n) is 8.26. The number of rotatable bonds is 3. The molecule has 0 unspecified atom stereocenters. The van der Waals surface area contributed by atoms with Crippen LogP contribution in [0.1, 0.15) is 35.8 Å². The summed E-state index contributed by atoms with van der Waals surface area (Å²) in [4.78, 5) is 14.3. The summed E-state index contributed by atoms with van der Waals surface area (Å²) < 4.78 is 40.3. The molecule has 1 saturated heterocycles. The van der Waals surface area contributed by atoms with Crippen LogP contribution in [-0.2, 0) is 19.8 Å². The van der Waals surface area contributed by atoms with Crippen molar-refractivity contribution in [3.05, 3.63) is 51.7 Å². The van der Waals surface area contributed by atoms with E-state index in [0.717, 1.165) is 31.4 Å². The summed E-state index contributed by atoms with van der Waals surface area (Å²) in [6, 6.07) is 7.97. The van der Waals surface area contributed by atoms with Gasteiger partial charge in [0.1, 0.15) is 0 Å². The zero-order chi connectivity index (χ0) is 18.2. The molecule has 2 aromatic rings. The number of likely N-dealkylation sites (tertiary alicyclic amines) is 1. The second kappa shape index (κ2) is 6.67. The summed E-state index contributed by atoms with van der Waals surface area (Å²) in [5, 5.41) is 3.55. The highest BCUT2D eigenvalue weighted by atomic mass is 19.4. The molecule has 0 saturated carbocycles. The van der Waals surface area contributed by atoms with Crippen molar-refractivity contribution in [1.82, 2.24) is 19.2 Å². The monoisotopic (exact) mass is 354 g/mol. The van der Waals surface area contributed by atoms with E-state index < -0.39 is 17.7 Å². The highest BCUT2D eigenvalue weighted by Gasteiger charge is 2.39. The minimum Gasteiger partial charge on any atom is -0.299 e. The van der Waals surface area contributed by atoms with E-state index in [1.165, 1.54) is 11.1 Å². The van der Waals surface area contributed by atoms with E-state index >= 15 is 0 Å². The Morgan fingerprint density at radius 2 is 1.92 bits per heavy atom. The van der Waals surface area contributed by atoms with Gasteiger partial charge in [-0.1, -0.05) is 29.8 Å². The minimum atomic E-state index is -4.62. The van der Waals surface area contributed by atoms with Crippen LogP contribution in [-0.4, -0.2) is 32.3 Å². The van der Waals surface area contributed by atoms with Crippen molar-refractivity contribution < 1.29 is 13.2 Å². The number of benzene rings is 1. The van der Waals surface area contributed by atoms with Gasteiger partial charge in [0.25, 0.3) is 0 Å². The lowest BCUT2D eigenvalue weighted by Crippen LogP contribution is -2.37. The van der Waals surface area contributed by atoms with Gasteiger partial charge in [-0.2, -0.15) is 13.2 Å². The largest absolute Gasteiger partial charge is 0.451 e. The van der Waals surface area contributed by atoms with Crippen LogP contribution in [0, 0.1) is 6.92 Å². The van der Waals surface area contributed by atoms with Crippen molar-refractivity contribution in [2.45, 2.75) is 38.5 Å². The van der Waals surface area contributed by atoms with Crippen LogP contribution in [0.25, 0.3) is 0 Å². The van der Waals surface area contributed by atoms with Crippen molar-refractivity contribution >= 4 is 0 Å². The Labute approximate surface area is 143 Å². The summed E-state index contributed by atoms with van der Waals surface area (Å²) in [6.45, 7) is 4.30. The molecule has 0 bridgehead atoms. The third-order valence-corrected chi connectivity index (χ3v) is 4.65. The maximum atomic E-state index is 12.9. The molecule has 1 aromatic carbocycles.